The van der Waals surface area contributed by atoms with Crippen molar-refractivity contribution in [2.45, 2.75) is 26.4 Å². The van der Waals surface area contributed by atoms with Crippen molar-refractivity contribution in [2.75, 3.05) is 26.2 Å². The smallest absolute Gasteiger partial charge is 0.494 e. The second-order valence-corrected chi connectivity index (χ2v) is 8.57. The van der Waals surface area contributed by atoms with E-state index in [1.54, 1.807) is 10.8 Å². The molecule has 3 heterocycles. The summed E-state index contributed by atoms with van der Waals surface area (Å²) in [6, 6.07) is 9.32. The minimum absolute atomic E-state index is 0.0737. The molecule has 1 fully saturated rings. The van der Waals surface area contributed by atoms with Crippen molar-refractivity contribution in [3.63, 3.8) is 0 Å². The van der Waals surface area contributed by atoms with E-state index in [2.05, 4.69) is 25.1 Å². The first-order chi connectivity index (χ1) is 16.7. The first-order valence-electron chi connectivity index (χ1n) is 11.2. The molecule has 0 aliphatic carbocycles. The Labute approximate surface area is 198 Å². The molecular weight excluding hydrogens is 463 g/mol. The molecule has 11 heteroatoms. The third-order valence-corrected chi connectivity index (χ3v) is 5.96. The molecule has 0 unspecified atom stereocenters. The Morgan fingerprint density at radius 3 is 2.57 bits per heavy atom. The number of aryl methyl sites for hydroxylation is 1. The maximum absolute atomic E-state index is 12.4. The van der Waals surface area contributed by atoms with Gasteiger partial charge in [-0.1, -0.05) is 17.3 Å². The molecule has 5 rings (SSSR count). The topological polar surface area (TPSA) is 88.6 Å². The van der Waals surface area contributed by atoms with Crippen LogP contribution in [0.5, 0.6) is 11.6 Å². The van der Waals surface area contributed by atoms with Gasteiger partial charge in [0.15, 0.2) is 11.7 Å². The van der Waals surface area contributed by atoms with Gasteiger partial charge in [-0.3, -0.25) is 4.90 Å². The largest absolute Gasteiger partial charge is 0.573 e. The Balaban J connectivity index is 1.36. The summed E-state index contributed by atoms with van der Waals surface area (Å²) in [5, 5.41) is 19.7. The first kappa shape index (κ1) is 23.2. The van der Waals surface area contributed by atoms with Crippen molar-refractivity contribution in [1.29, 1.82) is 0 Å². The van der Waals surface area contributed by atoms with Gasteiger partial charge in [0, 0.05) is 48.7 Å². The Hall–Kier alpha value is -3.57. The van der Waals surface area contributed by atoms with Crippen LogP contribution in [-0.4, -0.2) is 57.3 Å². The number of halogens is 3. The van der Waals surface area contributed by atoms with Crippen LogP contribution in [0.15, 0.2) is 47.1 Å². The molecule has 1 aliphatic rings. The number of aromatic nitrogens is 3. The fourth-order valence-electron chi connectivity index (χ4n) is 4.34. The van der Waals surface area contributed by atoms with Crippen LogP contribution < -0.4 is 10.1 Å². The van der Waals surface area contributed by atoms with E-state index in [0.29, 0.717) is 29.2 Å². The zero-order valence-corrected chi connectivity index (χ0v) is 19.0. The van der Waals surface area contributed by atoms with Crippen molar-refractivity contribution in [1.82, 2.24) is 24.9 Å². The zero-order valence-electron chi connectivity index (χ0n) is 19.0. The lowest BCUT2D eigenvalue weighted by atomic mass is 10.1. The number of hydrogen-bond donors (Lipinski definition) is 2. The van der Waals surface area contributed by atoms with Gasteiger partial charge in [0.25, 0.3) is 5.89 Å². The van der Waals surface area contributed by atoms with E-state index in [4.69, 9.17) is 4.52 Å². The van der Waals surface area contributed by atoms with Gasteiger partial charge in [-0.05, 0) is 42.3 Å². The predicted octanol–water partition coefficient (Wildman–Crippen LogP) is 4.06. The fraction of sp³-hybridized carbons (Fsp3) is 0.333. The van der Waals surface area contributed by atoms with Crippen LogP contribution in [0, 0.1) is 6.92 Å². The van der Waals surface area contributed by atoms with E-state index < -0.39 is 6.36 Å². The normalized spacial score (nSPS) is 15.1. The molecule has 184 valence electrons. The van der Waals surface area contributed by atoms with Crippen molar-refractivity contribution < 1.29 is 27.5 Å². The lowest BCUT2D eigenvalue weighted by Crippen LogP contribution is -2.43. The lowest BCUT2D eigenvalue weighted by molar-refractivity contribution is -0.274. The van der Waals surface area contributed by atoms with Crippen molar-refractivity contribution in [2.24, 2.45) is 0 Å². The number of fused-ring (bicyclic) bond motifs is 1. The zero-order chi connectivity index (χ0) is 24.6. The van der Waals surface area contributed by atoms with Crippen LogP contribution in [0.25, 0.3) is 22.2 Å². The van der Waals surface area contributed by atoms with E-state index in [0.717, 1.165) is 42.7 Å². The van der Waals surface area contributed by atoms with Gasteiger partial charge >= 0.3 is 6.36 Å². The Bertz CT molecular complexity index is 1320. The Morgan fingerprint density at radius 2 is 1.86 bits per heavy atom. The second-order valence-electron chi connectivity index (χ2n) is 8.57. The lowest BCUT2D eigenvalue weighted by Gasteiger charge is -2.25. The maximum Gasteiger partial charge on any atom is 0.573 e. The van der Waals surface area contributed by atoms with Crippen LogP contribution in [-0.2, 0) is 13.1 Å². The molecule has 2 aromatic carbocycles. The summed E-state index contributed by atoms with van der Waals surface area (Å²) in [6.45, 7) is 6.52. The molecule has 2 aromatic heterocycles. The molecule has 1 saturated heterocycles. The summed E-state index contributed by atoms with van der Waals surface area (Å²) in [5.74, 6) is 0.815. The molecule has 35 heavy (non-hydrogen) atoms. The number of ether oxygens (including phenoxy) is 1. The summed E-state index contributed by atoms with van der Waals surface area (Å²) in [6.07, 6.45) is -2.95. The molecule has 8 nitrogen and oxygen atoms in total. The van der Waals surface area contributed by atoms with Gasteiger partial charge in [-0.15, -0.1) is 13.2 Å². The van der Waals surface area contributed by atoms with Gasteiger partial charge < -0.3 is 24.3 Å². The van der Waals surface area contributed by atoms with Crippen molar-refractivity contribution >= 4 is 10.8 Å². The molecule has 2 N–H and O–H groups in total. The highest BCUT2D eigenvalue weighted by atomic mass is 19.4. The molecule has 0 saturated carbocycles. The fourth-order valence-corrected chi connectivity index (χ4v) is 4.34. The van der Waals surface area contributed by atoms with Crippen LogP contribution >= 0.6 is 0 Å². The molecule has 0 radical (unpaired) electrons. The van der Waals surface area contributed by atoms with E-state index in [9.17, 15) is 18.3 Å². The van der Waals surface area contributed by atoms with Crippen LogP contribution in [0.4, 0.5) is 13.2 Å². The average Bonchev–Trinajstić information content (AvgIpc) is 3.39. The number of piperazine rings is 1. The highest BCUT2D eigenvalue weighted by Gasteiger charge is 2.31. The van der Waals surface area contributed by atoms with Crippen molar-refractivity contribution in [3.05, 3.63) is 59.5 Å². The number of aromatic hydroxyl groups is 1. The highest BCUT2D eigenvalue weighted by molar-refractivity contribution is 5.93. The first-order valence-corrected chi connectivity index (χ1v) is 11.2. The minimum atomic E-state index is -4.74. The summed E-state index contributed by atoms with van der Waals surface area (Å²) in [5.41, 5.74) is 2.30. The van der Waals surface area contributed by atoms with Crippen LogP contribution in [0.2, 0.25) is 0 Å². The predicted molar refractivity (Wildman–Crippen MR) is 122 cm³/mol. The third-order valence-electron chi connectivity index (χ3n) is 5.96. The van der Waals surface area contributed by atoms with Gasteiger partial charge in [0.05, 0.1) is 13.1 Å². The molecule has 0 amide bonds. The van der Waals surface area contributed by atoms with Gasteiger partial charge in [0.1, 0.15) is 5.75 Å². The summed E-state index contributed by atoms with van der Waals surface area (Å²) < 4.78 is 48.2. The van der Waals surface area contributed by atoms with Crippen LogP contribution in [0.3, 0.4) is 0 Å². The number of nitrogens with zero attached hydrogens (tertiary/aromatic N) is 4. The molecule has 4 aromatic rings. The Morgan fingerprint density at radius 1 is 1.11 bits per heavy atom. The van der Waals surface area contributed by atoms with Crippen LogP contribution in [0.1, 0.15) is 17.0 Å². The minimum Gasteiger partial charge on any atom is -0.494 e. The molecule has 0 spiro atoms. The summed E-state index contributed by atoms with van der Waals surface area (Å²) >= 11 is 0. The molecule has 0 atom stereocenters. The van der Waals surface area contributed by atoms with Crippen molar-refractivity contribution in [3.8, 4) is 23.1 Å². The number of alkyl halides is 3. The van der Waals surface area contributed by atoms with E-state index in [-0.39, 0.29) is 18.2 Å². The second kappa shape index (κ2) is 9.23. The standard InChI is InChI=1S/C24H24F3N5O3/c1-15-10-17(22-29-20(30-35-22)14-31-8-6-28-7-9-31)11-18-13-32(23(33)21(15)18)12-16-2-4-19(5-3-16)34-24(25,26)27/h2-5,10-11,13,28,33H,6-9,12,14H2,1H3. The van der Waals surface area contributed by atoms with Gasteiger partial charge in [-0.25, -0.2) is 0 Å². The van der Waals surface area contributed by atoms with E-state index in [1.165, 1.54) is 24.3 Å². The van der Waals surface area contributed by atoms with E-state index in [1.807, 2.05) is 19.1 Å². The third kappa shape index (κ3) is 5.25. The number of rotatable bonds is 6. The maximum atomic E-state index is 12.4. The van der Waals surface area contributed by atoms with Gasteiger partial charge in [-0.2, -0.15) is 4.98 Å². The Kier molecular flexibility index (Phi) is 6.12. The van der Waals surface area contributed by atoms with Gasteiger partial charge in [0.2, 0.25) is 0 Å². The SMILES string of the molecule is Cc1cc(-c2nc(CN3CCNCC3)no2)cc2cn(Cc3ccc(OC(F)(F)F)cc3)c(O)c12. The quantitative estimate of drug-likeness (QED) is 0.424. The number of hydrogen-bond acceptors (Lipinski definition) is 7. The highest BCUT2D eigenvalue weighted by Crippen LogP contribution is 2.34. The van der Waals surface area contributed by atoms with E-state index >= 15 is 0 Å². The molecule has 1 aliphatic heterocycles. The monoisotopic (exact) mass is 487 g/mol. The number of nitrogens with one attached hydrogen (secondary N) is 1. The summed E-state index contributed by atoms with van der Waals surface area (Å²) in [4.78, 5) is 6.82. The summed E-state index contributed by atoms with van der Waals surface area (Å²) in [7, 11) is 0. The number of benzene rings is 2. The molecule has 0 bridgehead atoms. The average molecular weight is 487 g/mol. The molecular formula is C24H24F3N5O3.